The van der Waals surface area contributed by atoms with Gasteiger partial charge in [-0.05, 0) is 36.8 Å². The second-order valence-corrected chi connectivity index (χ2v) is 8.78. The number of aryl methyl sites for hydroxylation is 1. The summed E-state index contributed by atoms with van der Waals surface area (Å²) in [4.78, 5) is 41.9. The van der Waals surface area contributed by atoms with Crippen LogP contribution < -0.4 is 15.0 Å². The number of nitrogens with one attached hydrogen (secondary N) is 1. The van der Waals surface area contributed by atoms with E-state index in [0.717, 1.165) is 11.0 Å². The Balaban J connectivity index is 1.78. The maximum atomic E-state index is 14.7. The van der Waals surface area contributed by atoms with Crippen molar-refractivity contribution in [3.63, 3.8) is 0 Å². The molecule has 10 heteroatoms. The van der Waals surface area contributed by atoms with Crippen LogP contribution in [0.5, 0.6) is 0 Å². The van der Waals surface area contributed by atoms with E-state index in [4.69, 9.17) is 23.2 Å². The van der Waals surface area contributed by atoms with Gasteiger partial charge in [-0.2, -0.15) is 4.57 Å². The number of benzene rings is 2. The number of anilines is 1. The van der Waals surface area contributed by atoms with Gasteiger partial charge in [0.1, 0.15) is 11.4 Å². The molecule has 0 spiro atoms. The molecule has 7 nitrogen and oxygen atoms in total. The molecule has 5 rings (SSSR count). The SMILES string of the molecule is CCc1[nH]n(-c2ccc(Cl)c(Cl)c2)c(=O)c1C1=C([n+]2ccccc2)C(=O)N(c2ccccc2F)C1=O. The van der Waals surface area contributed by atoms with E-state index in [9.17, 15) is 18.8 Å². The molecule has 0 radical (unpaired) electrons. The lowest BCUT2D eigenvalue weighted by Crippen LogP contribution is -2.39. The van der Waals surface area contributed by atoms with Crippen LogP contribution in [-0.4, -0.2) is 21.6 Å². The second kappa shape index (κ2) is 9.22. The molecular formula is C26H18Cl2FN4O3+. The Bertz CT molecular complexity index is 1630. The highest BCUT2D eigenvalue weighted by Gasteiger charge is 2.48. The predicted octanol–water partition coefficient (Wildman–Crippen LogP) is 4.40. The van der Waals surface area contributed by atoms with Gasteiger partial charge in [0, 0.05) is 17.8 Å². The van der Waals surface area contributed by atoms with Gasteiger partial charge >= 0.3 is 5.91 Å². The van der Waals surface area contributed by atoms with E-state index in [1.165, 1.54) is 33.5 Å². The Labute approximate surface area is 214 Å². The fourth-order valence-electron chi connectivity index (χ4n) is 4.18. The van der Waals surface area contributed by atoms with E-state index < -0.39 is 23.2 Å². The Morgan fingerprint density at radius 3 is 2.31 bits per heavy atom. The number of imide groups is 1. The average molecular weight is 524 g/mol. The van der Waals surface area contributed by atoms with Crippen molar-refractivity contribution in [1.29, 1.82) is 0 Å². The van der Waals surface area contributed by atoms with E-state index in [2.05, 4.69) is 5.10 Å². The number of hydrogen-bond acceptors (Lipinski definition) is 3. The van der Waals surface area contributed by atoms with Crippen molar-refractivity contribution in [2.24, 2.45) is 0 Å². The fraction of sp³-hybridized carbons (Fsp3) is 0.0769. The van der Waals surface area contributed by atoms with Crippen LogP contribution in [-0.2, 0) is 16.0 Å². The highest BCUT2D eigenvalue weighted by Crippen LogP contribution is 2.34. The van der Waals surface area contributed by atoms with Crippen LogP contribution in [0, 0.1) is 5.82 Å². The first-order valence-electron chi connectivity index (χ1n) is 11.0. The second-order valence-electron chi connectivity index (χ2n) is 7.96. The number of amides is 2. The number of aromatic nitrogens is 3. The van der Waals surface area contributed by atoms with Crippen molar-refractivity contribution in [3.8, 4) is 5.69 Å². The highest BCUT2D eigenvalue weighted by molar-refractivity contribution is 6.53. The van der Waals surface area contributed by atoms with E-state index in [1.54, 1.807) is 49.6 Å². The summed E-state index contributed by atoms with van der Waals surface area (Å²) in [7, 11) is 0. The van der Waals surface area contributed by atoms with Gasteiger partial charge in [-0.25, -0.2) is 14.0 Å². The third kappa shape index (κ3) is 3.75. The summed E-state index contributed by atoms with van der Waals surface area (Å²) < 4.78 is 17.4. The number of rotatable bonds is 5. The topological polar surface area (TPSA) is 79.1 Å². The molecule has 2 aromatic heterocycles. The van der Waals surface area contributed by atoms with Crippen LogP contribution >= 0.6 is 23.2 Å². The highest BCUT2D eigenvalue weighted by atomic mass is 35.5. The van der Waals surface area contributed by atoms with Gasteiger partial charge in [0.25, 0.3) is 17.2 Å². The zero-order valence-corrected chi connectivity index (χ0v) is 20.3. The van der Waals surface area contributed by atoms with E-state index in [-0.39, 0.29) is 27.5 Å². The molecule has 3 heterocycles. The van der Waals surface area contributed by atoms with E-state index in [1.807, 2.05) is 0 Å². The summed E-state index contributed by atoms with van der Waals surface area (Å²) in [5.74, 6) is -2.29. The van der Waals surface area contributed by atoms with Crippen LogP contribution in [0.2, 0.25) is 10.0 Å². The third-order valence-corrected chi connectivity index (χ3v) is 6.60. The Hall–Kier alpha value is -4.01. The van der Waals surface area contributed by atoms with E-state index in [0.29, 0.717) is 22.8 Å². The molecule has 180 valence electrons. The molecule has 36 heavy (non-hydrogen) atoms. The number of para-hydroxylation sites is 1. The summed E-state index contributed by atoms with van der Waals surface area (Å²) in [5.41, 5.74) is -0.112. The van der Waals surface area contributed by atoms with Crippen molar-refractivity contribution in [2.75, 3.05) is 4.90 Å². The van der Waals surface area contributed by atoms with Crippen molar-refractivity contribution < 1.29 is 18.5 Å². The van der Waals surface area contributed by atoms with Gasteiger partial charge in [0.15, 0.2) is 12.4 Å². The fourth-order valence-corrected chi connectivity index (χ4v) is 4.48. The lowest BCUT2D eigenvalue weighted by atomic mass is 10.0. The number of carbonyl (C=O) groups is 2. The molecule has 1 N–H and O–H groups in total. The first kappa shape index (κ1) is 23.7. The third-order valence-electron chi connectivity index (χ3n) is 5.86. The molecule has 4 aromatic rings. The van der Waals surface area contributed by atoms with Crippen molar-refractivity contribution in [2.45, 2.75) is 13.3 Å². The maximum Gasteiger partial charge on any atom is 0.331 e. The Morgan fingerprint density at radius 2 is 1.64 bits per heavy atom. The lowest BCUT2D eigenvalue weighted by Gasteiger charge is -2.14. The minimum absolute atomic E-state index is 0.0205. The molecule has 0 unspecified atom stereocenters. The van der Waals surface area contributed by atoms with Crippen molar-refractivity contribution in [1.82, 2.24) is 9.78 Å². The van der Waals surface area contributed by atoms with Gasteiger partial charge < -0.3 is 0 Å². The quantitative estimate of drug-likeness (QED) is 0.311. The van der Waals surface area contributed by atoms with Crippen LogP contribution in [0.1, 0.15) is 18.2 Å². The standard InChI is InChI=1S/C26H17Cl2FN4O3/c1-2-19-21(25(35)33(30-19)15-10-11-16(27)17(28)14-15)22-23(31-12-6-3-7-13-31)26(36)32(24(22)34)20-9-5-4-8-18(20)29/h3-14H,2H2,1H3/p+1. The molecule has 0 fully saturated rings. The number of H-pyrrole nitrogens is 1. The minimum atomic E-state index is -0.802. The first-order valence-corrected chi connectivity index (χ1v) is 11.7. The first-order chi connectivity index (χ1) is 17.3. The van der Waals surface area contributed by atoms with Gasteiger partial charge in [0.05, 0.1) is 27.0 Å². The van der Waals surface area contributed by atoms with Crippen LogP contribution in [0.3, 0.4) is 0 Å². The molecule has 1 aliphatic rings. The zero-order valence-electron chi connectivity index (χ0n) is 18.8. The van der Waals surface area contributed by atoms with Gasteiger partial charge in [-0.15, -0.1) is 0 Å². The smallest absolute Gasteiger partial charge is 0.294 e. The molecule has 2 amide bonds. The van der Waals surface area contributed by atoms with Gasteiger partial charge in [-0.3, -0.25) is 19.5 Å². The monoisotopic (exact) mass is 523 g/mol. The Kier molecular flexibility index (Phi) is 6.07. The van der Waals surface area contributed by atoms with Crippen LogP contribution in [0.25, 0.3) is 17.0 Å². The summed E-state index contributed by atoms with van der Waals surface area (Å²) in [6.07, 6.45) is 3.51. The number of halogens is 3. The largest absolute Gasteiger partial charge is 0.331 e. The number of pyridine rings is 1. The number of nitrogens with zero attached hydrogens (tertiary/aromatic N) is 3. The van der Waals surface area contributed by atoms with E-state index >= 15 is 0 Å². The predicted molar refractivity (Wildman–Crippen MR) is 134 cm³/mol. The summed E-state index contributed by atoms with van der Waals surface area (Å²) in [6.45, 7) is 1.81. The molecule has 1 aliphatic heterocycles. The molecule has 0 atom stereocenters. The molecular weight excluding hydrogens is 506 g/mol. The number of hydrogen-bond donors (Lipinski definition) is 1. The molecule has 0 aliphatic carbocycles. The molecule has 2 aromatic carbocycles. The van der Waals surface area contributed by atoms with Crippen LogP contribution in [0.4, 0.5) is 10.1 Å². The molecule has 0 saturated carbocycles. The zero-order chi connectivity index (χ0) is 25.6. The Morgan fingerprint density at radius 1 is 0.917 bits per heavy atom. The van der Waals surface area contributed by atoms with Crippen molar-refractivity contribution >= 4 is 52.0 Å². The molecule has 0 saturated heterocycles. The maximum absolute atomic E-state index is 14.7. The number of carbonyl (C=O) groups excluding carboxylic acids is 2. The van der Waals surface area contributed by atoms with Gasteiger partial charge in [-0.1, -0.05) is 48.3 Å². The summed E-state index contributed by atoms with van der Waals surface area (Å²) in [6, 6.07) is 15.3. The molecule has 0 bridgehead atoms. The minimum Gasteiger partial charge on any atom is -0.294 e. The average Bonchev–Trinajstić information content (AvgIpc) is 3.34. The normalized spacial score (nSPS) is 13.7. The summed E-state index contributed by atoms with van der Waals surface area (Å²) >= 11 is 12.2. The summed E-state index contributed by atoms with van der Waals surface area (Å²) in [5, 5.41) is 3.58. The van der Waals surface area contributed by atoms with Crippen molar-refractivity contribution in [3.05, 3.63) is 111 Å². The lowest BCUT2D eigenvalue weighted by molar-refractivity contribution is -0.576. The van der Waals surface area contributed by atoms with Crippen LogP contribution in [0.15, 0.2) is 77.9 Å². The number of aromatic amines is 1. The van der Waals surface area contributed by atoms with Gasteiger partial charge in [0.2, 0.25) is 0 Å².